The summed E-state index contributed by atoms with van der Waals surface area (Å²) in [6.07, 6.45) is 1.57. The van der Waals surface area contributed by atoms with Crippen molar-refractivity contribution in [3.05, 3.63) is 59.5 Å². The first kappa shape index (κ1) is 16.2. The predicted molar refractivity (Wildman–Crippen MR) is 86.3 cm³/mol. The molecule has 1 aromatic carbocycles. The SMILES string of the molecule is C[C@H](SCc1cccc(C(=O)NCc2ccco2)c1)C(N)=O. The van der Waals surface area contributed by atoms with Crippen molar-refractivity contribution in [2.24, 2.45) is 5.73 Å². The zero-order valence-corrected chi connectivity index (χ0v) is 13.1. The van der Waals surface area contributed by atoms with Crippen molar-refractivity contribution < 1.29 is 14.0 Å². The van der Waals surface area contributed by atoms with Gasteiger partial charge in [0, 0.05) is 11.3 Å². The van der Waals surface area contributed by atoms with Crippen molar-refractivity contribution in [2.75, 3.05) is 0 Å². The van der Waals surface area contributed by atoms with E-state index in [0.717, 1.165) is 5.56 Å². The minimum atomic E-state index is -0.336. The Morgan fingerprint density at radius 1 is 1.32 bits per heavy atom. The van der Waals surface area contributed by atoms with Crippen molar-refractivity contribution in [1.82, 2.24) is 5.32 Å². The van der Waals surface area contributed by atoms with E-state index in [9.17, 15) is 9.59 Å². The Bertz CT molecular complexity index is 641. The van der Waals surface area contributed by atoms with Crippen LogP contribution in [-0.2, 0) is 17.1 Å². The van der Waals surface area contributed by atoms with E-state index in [0.29, 0.717) is 23.6 Å². The number of carbonyl (C=O) groups excluding carboxylic acids is 2. The average Bonchev–Trinajstić information content (AvgIpc) is 3.03. The number of furan rings is 1. The summed E-state index contributed by atoms with van der Waals surface area (Å²) in [7, 11) is 0. The third kappa shape index (κ3) is 4.66. The molecule has 0 saturated heterocycles. The second-order valence-electron chi connectivity index (χ2n) is 4.82. The summed E-state index contributed by atoms with van der Waals surface area (Å²) in [4.78, 5) is 23.1. The van der Waals surface area contributed by atoms with Crippen LogP contribution >= 0.6 is 11.8 Å². The Labute approximate surface area is 133 Å². The molecular formula is C16H18N2O3S. The molecule has 1 atom stereocenters. The molecule has 2 aromatic rings. The van der Waals surface area contributed by atoms with Crippen LogP contribution in [0.4, 0.5) is 0 Å². The fourth-order valence-corrected chi connectivity index (χ4v) is 2.57. The molecule has 1 aromatic heterocycles. The Morgan fingerprint density at radius 3 is 2.82 bits per heavy atom. The average molecular weight is 318 g/mol. The molecule has 6 heteroatoms. The summed E-state index contributed by atoms with van der Waals surface area (Å²) in [6.45, 7) is 2.12. The van der Waals surface area contributed by atoms with Crippen molar-refractivity contribution in [3.63, 3.8) is 0 Å². The Morgan fingerprint density at radius 2 is 2.14 bits per heavy atom. The van der Waals surface area contributed by atoms with Crippen LogP contribution in [0.5, 0.6) is 0 Å². The van der Waals surface area contributed by atoms with Gasteiger partial charge in [0.15, 0.2) is 0 Å². The monoisotopic (exact) mass is 318 g/mol. The van der Waals surface area contributed by atoms with Gasteiger partial charge in [-0.2, -0.15) is 0 Å². The van der Waals surface area contributed by atoms with E-state index in [-0.39, 0.29) is 17.1 Å². The van der Waals surface area contributed by atoms with Crippen LogP contribution < -0.4 is 11.1 Å². The first-order chi connectivity index (χ1) is 10.6. The maximum Gasteiger partial charge on any atom is 0.251 e. The number of nitrogens with two attached hydrogens (primary N) is 1. The molecule has 1 heterocycles. The number of nitrogens with one attached hydrogen (secondary N) is 1. The molecule has 22 heavy (non-hydrogen) atoms. The number of primary amides is 1. The molecule has 0 unspecified atom stereocenters. The fourth-order valence-electron chi connectivity index (χ4n) is 1.79. The van der Waals surface area contributed by atoms with Crippen LogP contribution in [-0.4, -0.2) is 17.1 Å². The van der Waals surface area contributed by atoms with E-state index in [1.165, 1.54) is 11.8 Å². The van der Waals surface area contributed by atoms with Gasteiger partial charge in [0.2, 0.25) is 5.91 Å². The lowest BCUT2D eigenvalue weighted by Crippen LogP contribution is -2.23. The largest absolute Gasteiger partial charge is 0.467 e. The van der Waals surface area contributed by atoms with Crippen LogP contribution in [0.1, 0.15) is 28.6 Å². The molecule has 0 radical (unpaired) electrons. The Balaban J connectivity index is 1.92. The highest BCUT2D eigenvalue weighted by molar-refractivity contribution is 7.99. The molecule has 0 bridgehead atoms. The van der Waals surface area contributed by atoms with Gasteiger partial charge in [0.25, 0.3) is 5.91 Å². The maximum atomic E-state index is 12.1. The van der Waals surface area contributed by atoms with E-state index >= 15 is 0 Å². The smallest absolute Gasteiger partial charge is 0.251 e. The molecule has 2 rings (SSSR count). The number of amides is 2. The van der Waals surface area contributed by atoms with E-state index in [1.807, 2.05) is 18.2 Å². The first-order valence-corrected chi connectivity index (χ1v) is 7.91. The van der Waals surface area contributed by atoms with Gasteiger partial charge >= 0.3 is 0 Å². The van der Waals surface area contributed by atoms with Gasteiger partial charge in [-0.1, -0.05) is 12.1 Å². The van der Waals surface area contributed by atoms with Crippen LogP contribution in [0.25, 0.3) is 0 Å². The summed E-state index contributed by atoms with van der Waals surface area (Å²) < 4.78 is 5.17. The molecule has 3 N–H and O–H groups in total. The lowest BCUT2D eigenvalue weighted by Gasteiger charge is -2.08. The van der Waals surface area contributed by atoms with Gasteiger partial charge in [0.05, 0.1) is 18.1 Å². The number of benzene rings is 1. The summed E-state index contributed by atoms with van der Waals surface area (Å²) in [5.74, 6) is 0.836. The van der Waals surface area contributed by atoms with Gasteiger partial charge in [-0.25, -0.2) is 0 Å². The number of hydrogen-bond acceptors (Lipinski definition) is 4. The molecule has 2 amide bonds. The third-order valence-electron chi connectivity index (χ3n) is 3.09. The van der Waals surface area contributed by atoms with Gasteiger partial charge in [-0.3, -0.25) is 9.59 Å². The maximum absolute atomic E-state index is 12.1. The fraction of sp³-hybridized carbons (Fsp3) is 0.250. The van der Waals surface area contributed by atoms with Crippen LogP contribution in [0.3, 0.4) is 0 Å². The lowest BCUT2D eigenvalue weighted by molar-refractivity contribution is -0.117. The number of carbonyl (C=O) groups is 2. The van der Waals surface area contributed by atoms with Crippen molar-refractivity contribution in [3.8, 4) is 0 Å². The third-order valence-corrected chi connectivity index (χ3v) is 4.33. The summed E-state index contributed by atoms with van der Waals surface area (Å²) in [5.41, 5.74) is 6.79. The molecular weight excluding hydrogens is 300 g/mol. The van der Waals surface area contributed by atoms with Crippen molar-refractivity contribution in [1.29, 1.82) is 0 Å². The van der Waals surface area contributed by atoms with Crippen LogP contribution in [0, 0.1) is 0 Å². The van der Waals surface area contributed by atoms with E-state index in [1.54, 1.807) is 31.4 Å². The number of rotatable bonds is 7. The minimum absolute atomic E-state index is 0.161. The molecule has 5 nitrogen and oxygen atoms in total. The number of thioether (sulfide) groups is 1. The minimum Gasteiger partial charge on any atom is -0.467 e. The zero-order valence-electron chi connectivity index (χ0n) is 12.2. The quantitative estimate of drug-likeness (QED) is 0.820. The van der Waals surface area contributed by atoms with E-state index in [2.05, 4.69) is 5.32 Å². The van der Waals surface area contributed by atoms with Gasteiger partial charge < -0.3 is 15.5 Å². The molecule has 0 aliphatic carbocycles. The topological polar surface area (TPSA) is 85.3 Å². The second kappa shape index (κ2) is 7.70. The highest BCUT2D eigenvalue weighted by Gasteiger charge is 2.11. The van der Waals surface area contributed by atoms with Crippen LogP contribution in [0.15, 0.2) is 47.1 Å². The number of hydrogen-bond donors (Lipinski definition) is 2. The Kier molecular flexibility index (Phi) is 5.66. The van der Waals surface area contributed by atoms with Gasteiger partial charge in [-0.15, -0.1) is 11.8 Å². The van der Waals surface area contributed by atoms with E-state index < -0.39 is 0 Å². The highest BCUT2D eigenvalue weighted by atomic mass is 32.2. The molecule has 0 spiro atoms. The van der Waals surface area contributed by atoms with E-state index in [4.69, 9.17) is 10.2 Å². The highest BCUT2D eigenvalue weighted by Crippen LogP contribution is 2.18. The molecule has 0 fully saturated rings. The lowest BCUT2D eigenvalue weighted by atomic mass is 10.1. The van der Waals surface area contributed by atoms with Crippen molar-refractivity contribution >= 4 is 23.6 Å². The Hall–Kier alpha value is -2.21. The predicted octanol–water partition coefficient (Wildman–Crippen LogP) is 2.32. The normalized spacial score (nSPS) is 11.9. The summed E-state index contributed by atoms with van der Waals surface area (Å²) >= 11 is 1.45. The molecule has 0 saturated carbocycles. The van der Waals surface area contributed by atoms with Crippen LogP contribution in [0.2, 0.25) is 0 Å². The first-order valence-electron chi connectivity index (χ1n) is 6.86. The standard InChI is InChI=1S/C16H18N2O3S/c1-11(15(17)19)22-10-12-4-2-5-13(8-12)16(20)18-9-14-6-3-7-21-14/h2-8,11H,9-10H2,1H3,(H2,17,19)(H,18,20)/t11-/m0/s1. The van der Waals surface area contributed by atoms with Gasteiger partial charge in [-0.05, 0) is 36.8 Å². The zero-order chi connectivity index (χ0) is 15.9. The summed E-state index contributed by atoms with van der Waals surface area (Å²) in [6, 6.07) is 10.9. The summed E-state index contributed by atoms with van der Waals surface area (Å²) in [5, 5.41) is 2.54. The molecule has 116 valence electrons. The second-order valence-corrected chi connectivity index (χ2v) is 6.15. The van der Waals surface area contributed by atoms with Gasteiger partial charge in [0.1, 0.15) is 5.76 Å². The molecule has 0 aliphatic rings. The molecule has 0 aliphatic heterocycles. The van der Waals surface area contributed by atoms with Crippen molar-refractivity contribution in [2.45, 2.75) is 24.5 Å².